The largest absolute Gasteiger partial charge is 0.453 e. The van der Waals surface area contributed by atoms with Gasteiger partial charge in [0.15, 0.2) is 0 Å². The zero-order valence-corrected chi connectivity index (χ0v) is 9.92. The standard InChI is InChI=1S/C9H17NO4S/c1-14-9(11)10-5-3-8(4-6-10)7-15(2,12)13/h8H,3-7H2,1-2H3. The fourth-order valence-electron chi connectivity index (χ4n) is 1.84. The molecule has 15 heavy (non-hydrogen) atoms. The van der Waals surface area contributed by atoms with Crippen LogP contribution in [0, 0.1) is 5.92 Å². The lowest BCUT2D eigenvalue weighted by molar-refractivity contribution is 0.108. The van der Waals surface area contributed by atoms with Crippen LogP contribution >= 0.6 is 0 Å². The van der Waals surface area contributed by atoms with Gasteiger partial charge in [0.25, 0.3) is 0 Å². The normalized spacial score (nSPS) is 18.9. The van der Waals surface area contributed by atoms with Gasteiger partial charge in [-0.3, -0.25) is 0 Å². The van der Waals surface area contributed by atoms with Crippen LogP contribution in [-0.2, 0) is 14.6 Å². The van der Waals surface area contributed by atoms with Crippen molar-refractivity contribution in [3.8, 4) is 0 Å². The van der Waals surface area contributed by atoms with Gasteiger partial charge < -0.3 is 9.64 Å². The maximum Gasteiger partial charge on any atom is 0.409 e. The molecule has 1 saturated heterocycles. The number of hydrogen-bond acceptors (Lipinski definition) is 4. The molecular formula is C9H17NO4S. The van der Waals surface area contributed by atoms with Gasteiger partial charge in [-0.2, -0.15) is 0 Å². The average Bonchev–Trinajstić information content (AvgIpc) is 2.15. The maximum absolute atomic E-state index is 11.1. The molecule has 1 heterocycles. The number of piperidine rings is 1. The van der Waals surface area contributed by atoms with E-state index in [0.717, 1.165) is 12.8 Å². The second-order valence-corrected chi connectivity index (χ2v) is 6.18. The van der Waals surface area contributed by atoms with E-state index in [0.29, 0.717) is 13.1 Å². The smallest absolute Gasteiger partial charge is 0.409 e. The third-order valence-electron chi connectivity index (χ3n) is 2.59. The zero-order valence-electron chi connectivity index (χ0n) is 9.10. The van der Waals surface area contributed by atoms with Crippen molar-refractivity contribution in [2.45, 2.75) is 12.8 Å². The highest BCUT2D eigenvalue weighted by Gasteiger charge is 2.25. The van der Waals surface area contributed by atoms with E-state index in [1.807, 2.05) is 0 Å². The van der Waals surface area contributed by atoms with Crippen LogP contribution in [0.25, 0.3) is 0 Å². The second-order valence-electron chi connectivity index (χ2n) is 3.99. The maximum atomic E-state index is 11.1. The van der Waals surface area contributed by atoms with Gasteiger partial charge in [0.2, 0.25) is 0 Å². The molecule has 1 fully saturated rings. The molecule has 0 N–H and O–H groups in total. The van der Waals surface area contributed by atoms with Crippen LogP contribution in [0.5, 0.6) is 0 Å². The van der Waals surface area contributed by atoms with Crippen LogP contribution in [0.2, 0.25) is 0 Å². The second kappa shape index (κ2) is 4.83. The highest BCUT2D eigenvalue weighted by atomic mass is 32.2. The Morgan fingerprint density at radius 1 is 1.40 bits per heavy atom. The number of rotatable bonds is 2. The minimum atomic E-state index is -2.90. The van der Waals surface area contributed by atoms with Gasteiger partial charge in [0.05, 0.1) is 12.9 Å². The van der Waals surface area contributed by atoms with E-state index >= 15 is 0 Å². The fraction of sp³-hybridized carbons (Fsp3) is 0.889. The van der Waals surface area contributed by atoms with Crippen molar-refractivity contribution in [1.82, 2.24) is 4.90 Å². The highest BCUT2D eigenvalue weighted by Crippen LogP contribution is 2.19. The average molecular weight is 235 g/mol. The van der Waals surface area contributed by atoms with E-state index in [2.05, 4.69) is 4.74 Å². The quantitative estimate of drug-likeness (QED) is 0.699. The number of methoxy groups -OCH3 is 1. The van der Waals surface area contributed by atoms with Crippen LogP contribution < -0.4 is 0 Å². The third-order valence-corrected chi connectivity index (χ3v) is 3.66. The van der Waals surface area contributed by atoms with Crippen LogP contribution in [0.3, 0.4) is 0 Å². The van der Waals surface area contributed by atoms with Gasteiger partial charge in [-0.25, -0.2) is 13.2 Å². The number of amides is 1. The lowest BCUT2D eigenvalue weighted by atomic mass is 9.99. The van der Waals surface area contributed by atoms with Crippen LogP contribution in [0.1, 0.15) is 12.8 Å². The Balaban J connectivity index is 2.39. The van der Waals surface area contributed by atoms with Gasteiger partial charge in [-0.1, -0.05) is 0 Å². The van der Waals surface area contributed by atoms with Crippen molar-refractivity contribution in [2.24, 2.45) is 5.92 Å². The summed E-state index contributed by atoms with van der Waals surface area (Å²) in [6, 6.07) is 0. The molecule has 0 bridgehead atoms. The summed E-state index contributed by atoms with van der Waals surface area (Å²) in [6.07, 6.45) is 2.40. The van der Waals surface area contributed by atoms with Gasteiger partial charge in [-0.05, 0) is 18.8 Å². The Labute approximate surface area is 90.3 Å². The van der Waals surface area contributed by atoms with Crippen molar-refractivity contribution in [2.75, 3.05) is 32.2 Å². The SMILES string of the molecule is COC(=O)N1CCC(CS(C)(=O)=O)CC1. The molecule has 1 aliphatic heterocycles. The van der Waals surface area contributed by atoms with E-state index in [-0.39, 0.29) is 17.8 Å². The Kier molecular flexibility index (Phi) is 3.96. The molecule has 0 saturated carbocycles. The molecule has 0 spiro atoms. The van der Waals surface area contributed by atoms with E-state index in [4.69, 9.17) is 0 Å². The first kappa shape index (κ1) is 12.3. The molecule has 0 aromatic heterocycles. The first-order valence-corrected chi connectivity index (χ1v) is 6.99. The molecule has 0 atom stereocenters. The highest BCUT2D eigenvalue weighted by molar-refractivity contribution is 7.90. The van der Waals surface area contributed by atoms with Crippen molar-refractivity contribution in [1.29, 1.82) is 0 Å². The van der Waals surface area contributed by atoms with Gasteiger partial charge in [-0.15, -0.1) is 0 Å². The first-order chi connectivity index (χ1) is 6.92. The van der Waals surface area contributed by atoms with Crippen molar-refractivity contribution in [3.05, 3.63) is 0 Å². The molecule has 88 valence electrons. The van der Waals surface area contributed by atoms with E-state index in [1.54, 1.807) is 4.90 Å². The van der Waals surface area contributed by atoms with Gasteiger partial charge in [0.1, 0.15) is 9.84 Å². The molecule has 0 radical (unpaired) electrons. The molecule has 1 amide bonds. The van der Waals surface area contributed by atoms with Crippen molar-refractivity contribution >= 4 is 15.9 Å². The molecular weight excluding hydrogens is 218 g/mol. The zero-order chi connectivity index (χ0) is 11.5. The summed E-state index contributed by atoms with van der Waals surface area (Å²) in [5, 5.41) is 0. The Hall–Kier alpha value is -0.780. The van der Waals surface area contributed by atoms with E-state index < -0.39 is 9.84 Å². The molecule has 0 unspecified atom stereocenters. The Bertz CT molecular complexity index is 317. The predicted octanol–water partition coefficient (Wildman–Crippen LogP) is 0.509. The minimum Gasteiger partial charge on any atom is -0.453 e. The number of nitrogens with zero attached hydrogens (tertiary/aromatic N) is 1. The topological polar surface area (TPSA) is 63.7 Å². The molecule has 1 aliphatic rings. The number of carbonyl (C=O) groups excluding carboxylic acids is 1. The van der Waals surface area contributed by atoms with Crippen LogP contribution in [-0.4, -0.2) is 51.6 Å². The van der Waals surface area contributed by atoms with Gasteiger partial charge in [0, 0.05) is 19.3 Å². The Morgan fingerprint density at radius 3 is 2.33 bits per heavy atom. The summed E-state index contributed by atoms with van der Waals surface area (Å²) in [5.74, 6) is 0.406. The third kappa shape index (κ3) is 4.07. The summed E-state index contributed by atoms with van der Waals surface area (Å²) in [7, 11) is -1.55. The van der Waals surface area contributed by atoms with E-state index in [1.165, 1.54) is 13.4 Å². The summed E-state index contributed by atoms with van der Waals surface area (Å²) in [4.78, 5) is 12.8. The number of hydrogen-bond donors (Lipinski definition) is 0. The molecule has 0 aromatic rings. The summed E-state index contributed by atoms with van der Waals surface area (Å²) < 4.78 is 26.7. The minimum absolute atomic E-state index is 0.181. The molecule has 1 rings (SSSR count). The summed E-state index contributed by atoms with van der Waals surface area (Å²) >= 11 is 0. The first-order valence-electron chi connectivity index (χ1n) is 4.93. The van der Waals surface area contributed by atoms with Gasteiger partial charge >= 0.3 is 6.09 Å². The van der Waals surface area contributed by atoms with Crippen LogP contribution in [0.15, 0.2) is 0 Å². The number of ether oxygens (including phenoxy) is 1. The molecule has 6 heteroatoms. The van der Waals surface area contributed by atoms with Crippen LogP contribution in [0.4, 0.5) is 4.79 Å². The summed E-state index contributed by atoms with van der Waals surface area (Å²) in [6.45, 7) is 1.18. The van der Waals surface area contributed by atoms with Crippen molar-refractivity contribution < 1.29 is 17.9 Å². The lowest BCUT2D eigenvalue weighted by Gasteiger charge is -2.30. The number of carbonyl (C=O) groups is 1. The monoisotopic (exact) mass is 235 g/mol. The molecule has 0 aromatic carbocycles. The summed E-state index contributed by atoms with van der Waals surface area (Å²) in [5.41, 5.74) is 0. The predicted molar refractivity (Wildman–Crippen MR) is 56.4 cm³/mol. The number of sulfone groups is 1. The number of likely N-dealkylation sites (tertiary alicyclic amines) is 1. The fourth-order valence-corrected chi connectivity index (χ4v) is 3.03. The molecule has 5 nitrogen and oxygen atoms in total. The molecule has 0 aliphatic carbocycles. The lowest BCUT2D eigenvalue weighted by Crippen LogP contribution is -2.39. The van der Waals surface area contributed by atoms with Crippen molar-refractivity contribution in [3.63, 3.8) is 0 Å². The van der Waals surface area contributed by atoms with E-state index in [9.17, 15) is 13.2 Å². The Morgan fingerprint density at radius 2 is 1.93 bits per heavy atom.